The summed E-state index contributed by atoms with van der Waals surface area (Å²) >= 11 is 0. The first-order chi connectivity index (χ1) is 15.0. The Morgan fingerprint density at radius 2 is 2.23 bits per heavy atom. The third-order valence-corrected chi connectivity index (χ3v) is 5.62. The summed E-state index contributed by atoms with van der Waals surface area (Å²) < 4.78 is 12.4. The summed E-state index contributed by atoms with van der Waals surface area (Å²) in [5.41, 5.74) is 0.462. The van der Waals surface area contributed by atoms with Crippen LogP contribution in [0.1, 0.15) is 42.6 Å². The van der Waals surface area contributed by atoms with Gasteiger partial charge in [0.25, 0.3) is 0 Å². The number of esters is 1. The van der Waals surface area contributed by atoms with E-state index in [1.807, 2.05) is 4.68 Å². The first kappa shape index (κ1) is 23.1. The van der Waals surface area contributed by atoms with Crippen molar-refractivity contribution in [2.45, 2.75) is 32.2 Å². The quantitative estimate of drug-likeness (QED) is 0.384. The molecule has 2 atom stereocenters. The molecule has 1 N–H and O–H groups in total. The van der Waals surface area contributed by atoms with Crippen LogP contribution in [0.25, 0.3) is 0 Å². The minimum absolute atomic E-state index is 0.0387. The second-order valence-corrected chi connectivity index (χ2v) is 8.21. The second kappa shape index (κ2) is 11.1. The highest BCUT2D eigenvalue weighted by Gasteiger charge is 2.26. The van der Waals surface area contributed by atoms with Crippen LogP contribution in [0.4, 0.5) is 0 Å². The zero-order chi connectivity index (χ0) is 22.2. The van der Waals surface area contributed by atoms with Gasteiger partial charge >= 0.3 is 5.97 Å². The van der Waals surface area contributed by atoms with Crippen LogP contribution >= 0.6 is 0 Å². The Hall–Kier alpha value is -2.62. The van der Waals surface area contributed by atoms with Gasteiger partial charge in [0.05, 0.1) is 31.0 Å². The smallest absolute Gasteiger partial charge is 0.341 e. The molecule has 0 aromatic carbocycles. The van der Waals surface area contributed by atoms with Gasteiger partial charge in [-0.3, -0.25) is 9.48 Å². The van der Waals surface area contributed by atoms with Crippen LogP contribution in [0.15, 0.2) is 17.4 Å². The molecule has 1 amide bonds. The van der Waals surface area contributed by atoms with Crippen LogP contribution in [0.5, 0.6) is 0 Å². The number of nitrogens with one attached hydrogen (secondary N) is 1. The first-order valence-electron chi connectivity index (χ1n) is 11.0. The van der Waals surface area contributed by atoms with Gasteiger partial charge in [-0.2, -0.15) is 5.10 Å². The van der Waals surface area contributed by atoms with Crippen molar-refractivity contribution in [2.75, 3.05) is 60.1 Å². The number of guanidine groups is 1. The Bertz CT molecular complexity index is 772. The number of aliphatic imine (C=N–C) groups is 1. The maximum absolute atomic E-state index is 12.1. The van der Waals surface area contributed by atoms with E-state index in [4.69, 9.17) is 9.47 Å². The molecule has 10 heteroatoms. The SMILES string of the molecule is CCOC(=O)c1cnn(C2CCCN(C(=NCC(=O)N(C)C)NCC3CCOC3)C2)c1. The van der Waals surface area contributed by atoms with Gasteiger partial charge in [-0.05, 0) is 26.2 Å². The summed E-state index contributed by atoms with van der Waals surface area (Å²) in [7, 11) is 3.47. The molecule has 0 spiro atoms. The van der Waals surface area contributed by atoms with Crippen molar-refractivity contribution >= 4 is 17.8 Å². The van der Waals surface area contributed by atoms with E-state index in [0.29, 0.717) is 24.6 Å². The number of likely N-dealkylation sites (tertiary alicyclic amines) is 1. The number of nitrogens with zero attached hydrogens (tertiary/aromatic N) is 5. The summed E-state index contributed by atoms with van der Waals surface area (Å²) in [6.45, 7) is 6.10. The lowest BCUT2D eigenvalue weighted by atomic mass is 10.1. The van der Waals surface area contributed by atoms with E-state index in [1.165, 1.54) is 0 Å². The first-order valence-corrected chi connectivity index (χ1v) is 11.0. The van der Waals surface area contributed by atoms with Crippen molar-refractivity contribution in [3.8, 4) is 0 Å². The van der Waals surface area contributed by atoms with E-state index >= 15 is 0 Å². The van der Waals surface area contributed by atoms with Crippen molar-refractivity contribution in [1.29, 1.82) is 0 Å². The van der Waals surface area contributed by atoms with Crippen molar-refractivity contribution in [1.82, 2.24) is 24.9 Å². The molecule has 2 saturated heterocycles. The van der Waals surface area contributed by atoms with E-state index in [0.717, 1.165) is 51.5 Å². The molecule has 0 aliphatic carbocycles. The topological polar surface area (TPSA) is 101 Å². The van der Waals surface area contributed by atoms with Crippen LogP contribution in [-0.4, -0.2) is 97.5 Å². The van der Waals surface area contributed by atoms with E-state index in [2.05, 4.69) is 20.3 Å². The van der Waals surface area contributed by atoms with E-state index in [9.17, 15) is 9.59 Å². The van der Waals surface area contributed by atoms with Crippen molar-refractivity contribution in [3.63, 3.8) is 0 Å². The molecule has 0 bridgehead atoms. The highest BCUT2D eigenvalue weighted by Crippen LogP contribution is 2.22. The molecule has 0 radical (unpaired) electrons. The fourth-order valence-electron chi connectivity index (χ4n) is 3.75. The molecule has 1 aromatic rings. The summed E-state index contributed by atoms with van der Waals surface area (Å²) in [6.07, 6.45) is 6.26. The lowest BCUT2D eigenvalue weighted by Gasteiger charge is -2.35. The molecule has 2 fully saturated rings. The minimum Gasteiger partial charge on any atom is -0.462 e. The van der Waals surface area contributed by atoms with Crippen molar-refractivity contribution < 1.29 is 19.1 Å². The molecular weight excluding hydrogens is 400 g/mol. The zero-order valence-electron chi connectivity index (χ0n) is 18.7. The molecule has 3 rings (SSSR count). The number of amides is 1. The Labute approximate surface area is 183 Å². The number of carbonyl (C=O) groups is 2. The van der Waals surface area contributed by atoms with Gasteiger partial charge in [-0.15, -0.1) is 0 Å². The van der Waals surface area contributed by atoms with Gasteiger partial charge in [0.1, 0.15) is 6.54 Å². The van der Waals surface area contributed by atoms with Crippen LogP contribution in [-0.2, 0) is 14.3 Å². The van der Waals surface area contributed by atoms with Gasteiger partial charge < -0.3 is 24.6 Å². The number of hydrogen-bond acceptors (Lipinski definition) is 6. The molecule has 172 valence electrons. The number of piperidine rings is 1. The van der Waals surface area contributed by atoms with Crippen molar-refractivity contribution in [2.24, 2.45) is 10.9 Å². The monoisotopic (exact) mass is 434 g/mol. The maximum atomic E-state index is 12.1. The third-order valence-electron chi connectivity index (χ3n) is 5.62. The zero-order valence-corrected chi connectivity index (χ0v) is 18.7. The Balaban J connectivity index is 1.68. The Morgan fingerprint density at radius 3 is 2.94 bits per heavy atom. The summed E-state index contributed by atoms with van der Waals surface area (Å²) in [6, 6.07) is 0.114. The van der Waals surface area contributed by atoms with Gasteiger partial charge in [0, 0.05) is 52.5 Å². The number of rotatable bonds is 7. The lowest BCUT2D eigenvalue weighted by molar-refractivity contribution is -0.127. The van der Waals surface area contributed by atoms with E-state index in [1.54, 1.807) is 38.3 Å². The highest BCUT2D eigenvalue weighted by molar-refractivity contribution is 5.88. The Morgan fingerprint density at radius 1 is 1.39 bits per heavy atom. The van der Waals surface area contributed by atoms with Crippen LogP contribution in [0, 0.1) is 5.92 Å². The molecule has 31 heavy (non-hydrogen) atoms. The average molecular weight is 435 g/mol. The summed E-state index contributed by atoms with van der Waals surface area (Å²) in [5, 5.41) is 7.85. The normalized spacial score (nSPS) is 21.8. The van der Waals surface area contributed by atoms with Gasteiger partial charge in [0.2, 0.25) is 5.91 Å². The van der Waals surface area contributed by atoms with Crippen LogP contribution < -0.4 is 5.32 Å². The molecular formula is C21H34N6O4. The fourth-order valence-corrected chi connectivity index (χ4v) is 3.75. The molecule has 10 nitrogen and oxygen atoms in total. The maximum Gasteiger partial charge on any atom is 0.341 e. The molecule has 2 aliphatic rings. The number of carbonyl (C=O) groups excluding carboxylic acids is 2. The molecule has 1 aromatic heterocycles. The van der Waals surface area contributed by atoms with Gasteiger partial charge in [-0.1, -0.05) is 0 Å². The van der Waals surface area contributed by atoms with Crippen LogP contribution in [0.3, 0.4) is 0 Å². The standard InChI is InChI=1S/C21H34N6O4/c1-4-31-20(29)17-11-24-27(13-17)18-6-5-8-26(14-18)21(23-12-19(28)25(2)3)22-10-16-7-9-30-15-16/h11,13,16,18H,4-10,12,14-15H2,1-3H3,(H,22,23). The van der Waals surface area contributed by atoms with Gasteiger partial charge in [0.15, 0.2) is 5.96 Å². The number of likely N-dealkylation sites (N-methyl/N-ethyl adjacent to an activating group) is 1. The second-order valence-electron chi connectivity index (χ2n) is 8.21. The molecule has 2 unspecified atom stereocenters. The molecule has 2 aliphatic heterocycles. The van der Waals surface area contributed by atoms with Crippen molar-refractivity contribution in [3.05, 3.63) is 18.0 Å². The largest absolute Gasteiger partial charge is 0.462 e. The van der Waals surface area contributed by atoms with E-state index in [-0.39, 0.29) is 24.5 Å². The molecule has 0 saturated carbocycles. The number of hydrogen-bond donors (Lipinski definition) is 1. The lowest BCUT2D eigenvalue weighted by Crippen LogP contribution is -2.48. The Kier molecular flexibility index (Phi) is 8.27. The number of ether oxygens (including phenoxy) is 2. The van der Waals surface area contributed by atoms with Gasteiger partial charge in [-0.25, -0.2) is 9.79 Å². The summed E-state index contributed by atoms with van der Waals surface area (Å²) in [5.74, 6) is 0.799. The highest BCUT2D eigenvalue weighted by atomic mass is 16.5. The minimum atomic E-state index is -0.355. The predicted molar refractivity (Wildman–Crippen MR) is 116 cm³/mol. The predicted octanol–water partition coefficient (Wildman–Crippen LogP) is 0.767. The van der Waals surface area contributed by atoms with Crippen LogP contribution in [0.2, 0.25) is 0 Å². The summed E-state index contributed by atoms with van der Waals surface area (Å²) in [4.78, 5) is 32.4. The fraction of sp³-hybridized carbons (Fsp3) is 0.714. The number of aromatic nitrogens is 2. The third kappa shape index (κ3) is 6.43. The average Bonchev–Trinajstić information content (AvgIpc) is 3.46. The molecule has 3 heterocycles. The van der Waals surface area contributed by atoms with E-state index < -0.39 is 0 Å².